The van der Waals surface area contributed by atoms with Crippen LogP contribution in [0.25, 0.3) is 0 Å². The molecule has 0 unspecified atom stereocenters. The summed E-state index contributed by atoms with van der Waals surface area (Å²) in [6.45, 7) is 29.1. The minimum Gasteiger partial charge on any atom is -0.404 e. The van der Waals surface area contributed by atoms with Crippen molar-refractivity contribution in [2.75, 3.05) is 149 Å². The average molecular weight is 1670 g/mol. The summed E-state index contributed by atoms with van der Waals surface area (Å²) >= 11 is 10.7. The lowest BCUT2D eigenvalue weighted by Gasteiger charge is -2.44. The van der Waals surface area contributed by atoms with Gasteiger partial charge in [-0.1, -0.05) is 163 Å². The highest BCUT2D eigenvalue weighted by atomic mass is 32.2. The van der Waals surface area contributed by atoms with Crippen molar-refractivity contribution in [3.8, 4) is 0 Å². The predicted molar refractivity (Wildman–Crippen MR) is 482 cm³/mol. The Morgan fingerprint density at radius 2 is 0.398 bits per heavy atom. The van der Waals surface area contributed by atoms with Crippen LogP contribution in [0.2, 0.25) is 10.1 Å². The number of nitrogens with one attached hydrogen (secondary N) is 12. The van der Waals surface area contributed by atoms with Crippen LogP contribution in [0.15, 0.2) is 121 Å². The Labute approximate surface area is 698 Å². The molecule has 27 heteroatoms. The quantitative estimate of drug-likeness (QED) is 0.0262. The van der Waals surface area contributed by atoms with Gasteiger partial charge in [-0.05, 0) is 30.8 Å². The maximum atomic E-state index is 7.41. The lowest BCUT2D eigenvalue weighted by Crippen LogP contribution is -2.68. The lowest BCUT2D eigenvalue weighted by molar-refractivity contribution is -0.542. The van der Waals surface area contributed by atoms with Crippen LogP contribution in [0.4, 0.5) is 0 Å². The standard InChI is InChI=1S/C86H128N18O2S5Si2/c1-85(2,3)112(75-19-11-7-12-20-75,76-21-13-8-14-22-76)105-51-63-27-39-99-41-29-65(89-79(99)87-63)53-107-55-67-31-43-101-45-33-69(93-81(101)91-67)57-109-59-71-35-47-103-49-37-73(97-83(103)95-71)61-111-62-74-38-50-104-48-36-72(96-84(104)98-74)60-110-58-70-34-46-102-44-32-68(92-82(102)94-70)56-108-54-66-30-42-100-40-28-64(88-80(100)90-66)52-106-113(86(4,5)6,77-23-15-9-16-24-77)78-25-17-10-18-26-78/h7-26,63-74H,27-62H2,1-6H3,(H6,87,88,89,90,91,92,93,94,95,96,97,98)/p+6/t63-,64-,65-,66-,67-,68-,69-,70-,71-,72-,73-,74-/m1/s1. The maximum absolute atomic E-state index is 7.41. The average Bonchev–Trinajstić information content (AvgIpc) is 0.749. The molecular weight excluding hydrogens is 1530 g/mol. The summed E-state index contributed by atoms with van der Waals surface area (Å²) in [6.07, 6.45) is 14.2. The van der Waals surface area contributed by atoms with Crippen molar-refractivity contribution in [3.05, 3.63) is 121 Å². The molecule has 0 fully saturated rings. The first-order valence-corrected chi connectivity index (χ1v) is 53.0. The van der Waals surface area contributed by atoms with Crippen LogP contribution in [0.1, 0.15) is 119 Å². The summed E-state index contributed by atoms with van der Waals surface area (Å²) < 4.78 is 30.2. The van der Waals surface area contributed by atoms with E-state index in [4.69, 9.17) is 8.85 Å². The Morgan fingerprint density at radius 1 is 0.248 bits per heavy atom. The van der Waals surface area contributed by atoms with Gasteiger partial charge in [-0.15, -0.1) is 0 Å². The van der Waals surface area contributed by atoms with Crippen LogP contribution in [0.3, 0.4) is 0 Å². The molecule has 0 bridgehead atoms. The van der Waals surface area contributed by atoms with Gasteiger partial charge < -0.3 is 8.85 Å². The Balaban J connectivity index is 0.402. The van der Waals surface area contributed by atoms with Crippen LogP contribution < -0.4 is 84.5 Å². The Hall–Kier alpha value is -5.40. The molecule has 0 saturated heterocycles. The van der Waals surface area contributed by atoms with Gasteiger partial charge in [0.05, 0.1) is 164 Å². The van der Waals surface area contributed by atoms with Gasteiger partial charge in [-0.2, -0.15) is 58.8 Å². The molecule has 12 heterocycles. The second kappa shape index (κ2) is 37.7. The zero-order valence-electron chi connectivity index (χ0n) is 68.5. The van der Waals surface area contributed by atoms with E-state index < -0.39 is 16.6 Å². The first kappa shape index (κ1) is 81.4. The number of hydrogen-bond acceptors (Lipinski definition) is 19. The number of benzene rings is 4. The number of rotatable bonds is 30. The third-order valence-electron chi connectivity index (χ3n) is 26.0. The van der Waals surface area contributed by atoms with Crippen LogP contribution in [-0.4, -0.2) is 302 Å². The van der Waals surface area contributed by atoms with Gasteiger partial charge in [-0.3, -0.25) is 91.3 Å². The van der Waals surface area contributed by atoms with E-state index in [0.717, 1.165) is 149 Å². The zero-order chi connectivity index (χ0) is 77.2. The molecule has 0 saturated carbocycles. The highest BCUT2D eigenvalue weighted by Crippen LogP contribution is 2.39. The Kier molecular flexibility index (Phi) is 27.1. The van der Waals surface area contributed by atoms with Crippen molar-refractivity contribution >= 4 is 132 Å². The monoisotopic (exact) mass is 1670 g/mol. The first-order valence-electron chi connectivity index (χ1n) is 43.4. The molecule has 12 N–H and O–H groups in total. The zero-order valence-corrected chi connectivity index (χ0v) is 74.6. The van der Waals surface area contributed by atoms with Crippen molar-refractivity contribution < 1.29 is 36.3 Å². The van der Waals surface area contributed by atoms with Gasteiger partial charge in [0.25, 0.3) is 16.6 Å². The summed E-state index contributed by atoms with van der Waals surface area (Å²) in [5.41, 5.74) is 0. The fourth-order valence-electron chi connectivity index (χ4n) is 19.5. The smallest absolute Gasteiger partial charge is 0.346 e. The van der Waals surface area contributed by atoms with E-state index in [2.05, 4.69) is 313 Å². The van der Waals surface area contributed by atoms with Crippen LogP contribution in [0.5, 0.6) is 0 Å². The highest BCUT2D eigenvalue weighted by Gasteiger charge is 2.53. The van der Waals surface area contributed by atoms with Gasteiger partial charge >= 0.3 is 35.8 Å². The Morgan fingerprint density at radius 3 is 0.558 bits per heavy atom. The summed E-state index contributed by atoms with van der Waals surface area (Å²) in [4.78, 5) is 0. The van der Waals surface area contributed by atoms with E-state index in [1.165, 1.54) is 121 Å². The van der Waals surface area contributed by atoms with E-state index in [1.807, 2.05) is 0 Å². The number of nitrogens with zero attached hydrogens (tertiary/aromatic N) is 6. The Bertz CT molecular complexity index is 3700. The molecule has 12 atom stereocenters. The van der Waals surface area contributed by atoms with Gasteiger partial charge in [0.2, 0.25) is 0 Å². The third-order valence-corrected chi connectivity index (χ3v) is 42.4. The van der Waals surface area contributed by atoms with E-state index in [1.54, 1.807) is 0 Å². The highest BCUT2D eigenvalue weighted by molar-refractivity contribution is 8.00. The van der Waals surface area contributed by atoms with E-state index in [9.17, 15) is 0 Å². The maximum Gasteiger partial charge on any atom is 0.346 e. The van der Waals surface area contributed by atoms with E-state index >= 15 is 0 Å². The molecule has 4 aromatic rings. The molecule has 4 aromatic carbocycles. The minimum atomic E-state index is -2.61. The van der Waals surface area contributed by atoms with Crippen molar-refractivity contribution in [1.82, 2.24) is 63.8 Å². The molecule has 12 aliphatic heterocycles. The molecule has 0 radical (unpaired) electrons. The number of guanidine groups is 6. The lowest BCUT2D eigenvalue weighted by atomic mass is 10.1. The van der Waals surface area contributed by atoms with E-state index in [0.29, 0.717) is 73.6 Å². The molecular formula is C86H134N18O2S5Si2+6. The number of thioether (sulfide) groups is 5. The molecule has 0 aromatic heterocycles. The van der Waals surface area contributed by atoms with Crippen LogP contribution in [0, 0.1) is 0 Å². The topological polar surface area (TPSA) is 181 Å². The van der Waals surface area contributed by atoms with Gasteiger partial charge in [0, 0.05) is 135 Å². The van der Waals surface area contributed by atoms with Crippen molar-refractivity contribution in [3.63, 3.8) is 0 Å². The van der Waals surface area contributed by atoms with Gasteiger partial charge in [0.1, 0.15) is 0 Å². The molecule has 113 heavy (non-hydrogen) atoms. The normalized spacial score (nSPS) is 28.0. The first-order chi connectivity index (χ1) is 55.1. The van der Waals surface area contributed by atoms with Gasteiger partial charge in [0.15, 0.2) is 0 Å². The van der Waals surface area contributed by atoms with Crippen molar-refractivity contribution in [2.45, 2.75) is 201 Å². The second-order valence-corrected chi connectivity index (χ2v) is 50.2. The summed E-state index contributed by atoms with van der Waals surface area (Å²) in [5.74, 6) is 18.9. The largest absolute Gasteiger partial charge is 0.404 e. The third kappa shape index (κ3) is 19.8. The summed E-state index contributed by atoms with van der Waals surface area (Å²) in [7, 11) is -5.21. The number of hydrogen-bond donors (Lipinski definition) is 12. The SMILES string of the molecule is CC(C)(C)[Si](OC[C@H]1CC[N+]2=C(N1)N[C@@H](CSC[C@H]1CC[N+]3=C(N1)N[C@@H](CSC[C@H]1CC[N+]4=C(N1)N[C@@H](CSC[C@H]1CC[N+]5=C(N[C@@H](CSC[C@H]6CC[N+]7=C(N[C@@H](CSC[C@H]8CC[N+]9=C(N[C@@H](CO[Si](c%10ccccc%10)(c%10ccccc%10)C(C)(C)C)CC9)N8)CC7)N6)CC5)N1)CC4)CC3)CC2)(c1ccccc1)c1ccccc1. The fraction of sp³-hybridized carbons (Fsp3) is 0.651. The summed E-state index contributed by atoms with van der Waals surface area (Å²) in [6, 6.07) is 49.8. The molecule has 612 valence electrons. The molecule has 12 aliphatic rings. The molecule has 16 rings (SSSR count). The van der Waals surface area contributed by atoms with Crippen LogP contribution >= 0.6 is 58.8 Å². The summed E-state index contributed by atoms with van der Waals surface area (Å²) in [5, 5.41) is 53.1. The predicted octanol–water partition coefficient (Wildman–Crippen LogP) is 4.36. The van der Waals surface area contributed by atoms with Crippen LogP contribution in [-0.2, 0) is 8.85 Å². The van der Waals surface area contributed by atoms with Crippen molar-refractivity contribution in [2.24, 2.45) is 0 Å². The van der Waals surface area contributed by atoms with E-state index in [-0.39, 0.29) is 22.2 Å². The van der Waals surface area contributed by atoms with Gasteiger partial charge in [-0.25, -0.2) is 0 Å². The van der Waals surface area contributed by atoms with Crippen molar-refractivity contribution in [1.29, 1.82) is 0 Å². The fourth-order valence-corrected chi connectivity index (χ4v) is 34.8. The molecule has 0 amide bonds. The second-order valence-electron chi connectivity index (χ2n) is 36.2. The molecule has 20 nitrogen and oxygen atoms in total. The molecule has 0 aliphatic carbocycles. The molecule has 0 spiro atoms. The minimum absolute atomic E-state index is 0.0368.